The predicted octanol–water partition coefficient (Wildman–Crippen LogP) is 3.88. The molecule has 1 atom stereocenters. The van der Waals surface area contributed by atoms with Gasteiger partial charge in [-0.25, -0.2) is 0 Å². The number of nitrogens with one attached hydrogen (secondary N) is 2. The van der Waals surface area contributed by atoms with Gasteiger partial charge in [-0.05, 0) is 24.6 Å². The Morgan fingerprint density at radius 3 is 2.54 bits per heavy atom. The van der Waals surface area contributed by atoms with Crippen molar-refractivity contribution in [2.45, 2.75) is 18.9 Å². The highest BCUT2D eigenvalue weighted by Crippen LogP contribution is 2.32. The first kappa shape index (κ1) is 18.3. The molecule has 1 unspecified atom stereocenters. The monoisotopic (exact) mass is 390 g/mol. The molecule has 7 heteroatoms. The van der Waals surface area contributed by atoms with E-state index in [0.717, 1.165) is 5.56 Å². The SMILES string of the molecule is CC1(Cc2ccccc2)NC(=O)C(C(=O)Nc2cccc(Cl)c2Cl)=C1O. The van der Waals surface area contributed by atoms with E-state index in [1.807, 2.05) is 30.3 Å². The van der Waals surface area contributed by atoms with Crippen molar-refractivity contribution in [3.63, 3.8) is 0 Å². The van der Waals surface area contributed by atoms with E-state index in [-0.39, 0.29) is 27.1 Å². The number of amides is 2. The number of carbonyl (C=O) groups excluding carboxylic acids is 2. The molecule has 0 aliphatic carbocycles. The number of benzene rings is 2. The molecule has 3 N–H and O–H groups in total. The molecule has 2 aromatic rings. The first-order valence-electron chi connectivity index (χ1n) is 7.87. The molecule has 0 saturated heterocycles. The summed E-state index contributed by atoms with van der Waals surface area (Å²) < 4.78 is 0. The fourth-order valence-electron chi connectivity index (χ4n) is 2.88. The van der Waals surface area contributed by atoms with Gasteiger partial charge in [0.1, 0.15) is 11.3 Å². The minimum atomic E-state index is -1.07. The summed E-state index contributed by atoms with van der Waals surface area (Å²) in [6, 6.07) is 14.1. The van der Waals surface area contributed by atoms with E-state index < -0.39 is 17.4 Å². The van der Waals surface area contributed by atoms with Crippen molar-refractivity contribution in [2.24, 2.45) is 0 Å². The summed E-state index contributed by atoms with van der Waals surface area (Å²) in [4.78, 5) is 24.9. The van der Waals surface area contributed by atoms with Gasteiger partial charge in [0.2, 0.25) is 0 Å². The molecule has 2 amide bonds. The van der Waals surface area contributed by atoms with Gasteiger partial charge in [-0.2, -0.15) is 0 Å². The Labute approximate surface area is 160 Å². The molecule has 26 heavy (non-hydrogen) atoms. The number of halogens is 2. The number of rotatable bonds is 4. The smallest absolute Gasteiger partial charge is 0.264 e. The minimum absolute atomic E-state index is 0.160. The molecule has 1 heterocycles. The molecular formula is C19H16Cl2N2O3. The molecule has 0 radical (unpaired) electrons. The fourth-order valence-corrected chi connectivity index (χ4v) is 3.23. The Bertz CT molecular complexity index is 912. The van der Waals surface area contributed by atoms with E-state index in [1.165, 1.54) is 0 Å². The summed E-state index contributed by atoms with van der Waals surface area (Å²) in [7, 11) is 0. The van der Waals surface area contributed by atoms with Crippen LogP contribution in [0, 0.1) is 0 Å². The van der Waals surface area contributed by atoms with Crippen LogP contribution in [0.3, 0.4) is 0 Å². The van der Waals surface area contributed by atoms with Crippen LogP contribution in [0.1, 0.15) is 12.5 Å². The average Bonchev–Trinajstić information content (AvgIpc) is 2.81. The molecule has 0 aromatic heterocycles. The standard InChI is InChI=1S/C19H16Cl2N2O3/c1-19(10-11-6-3-2-4-7-11)16(24)14(18(26)23-19)17(25)22-13-9-5-8-12(20)15(13)21/h2-9,24H,10H2,1H3,(H,22,25)(H,23,26). The van der Waals surface area contributed by atoms with Gasteiger partial charge in [0.05, 0.1) is 21.3 Å². The van der Waals surface area contributed by atoms with E-state index in [4.69, 9.17) is 23.2 Å². The van der Waals surface area contributed by atoms with Gasteiger partial charge in [0.15, 0.2) is 0 Å². The van der Waals surface area contributed by atoms with Crippen LogP contribution in [0.2, 0.25) is 10.0 Å². The van der Waals surface area contributed by atoms with Gasteiger partial charge in [0, 0.05) is 6.42 Å². The van der Waals surface area contributed by atoms with Crippen molar-refractivity contribution >= 4 is 40.7 Å². The maximum absolute atomic E-state index is 12.5. The normalized spacial score (nSPS) is 19.4. The van der Waals surface area contributed by atoms with E-state index in [2.05, 4.69) is 10.6 Å². The van der Waals surface area contributed by atoms with Gasteiger partial charge < -0.3 is 15.7 Å². The third-order valence-corrected chi connectivity index (χ3v) is 5.02. The topological polar surface area (TPSA) is 78.4 Å². The van der Waals surface area contributed by atoms with Gasteiger partial charge in [-0.1, -0.05) is 59.6 Å². The average molecular weight is 391 g/mol. The Hall–Kier alpha value is -2.50. The second-order valence-electron chi connectivity index (χ2n) is 6.23. The molecular weight excluding hydrogens is 375 g/mol. The Morgan fingerprint density at radius 1 is 1.15 bits per heavy atom. The number of hydrogen-bond acceptors (Lipinski definition) is 3. The van der Waals surface area contributed by atoms with Crippen molar-refractivity contribution in [3.8, 4) is 0 Å². The van der Waals surface area contributed by atoms with E-state index in [9.17, 15) is 14.7 Å². The molecule has 134 valence electrons. The predicted molar refractivity (Wildman–Crippen MR) is 101 cm³/mol. The van der Waals surface area contributed by atoms with Crippen LogP contribution < -0.4 is 10.6 Å². The van der Waals surface area contributed by atoms with Gasteiger partial charge >= 0.3 is 0 Å². The number of anilines is 1. The number of carbonyl (C=O) groups is 2. The second-order valence-corrected chi connectivity index (χ2v) is 7.01. The molecule has 2 aromatic carbocycles. The summed E-state index contributed by atoms with van der Waals surface area (Å²) in [5.74, 6) is -1.69. The first-order chi connectivity index (χ1) is 12.3. The number of aliphatic hydroxyl groups is 1. The lowest BCUT2D eigenvalue weighted by atomic mass is 9.91. The molecule has 1 aliphatic heterocycles. The second kappa shape index (κ2) is 7.02. The van der Waals surface area contributed by atoms with Crippen LogP contribution in [-0.4, -0.2) is 22.5 Å². The summed E-state index contributed by atoms with van der Waals surface area (Å²) >= 11 is 12.0. The quantitative estimate of drug-likeness (QED) is 0.693. The summed E-state index contributed by atoms with van der Waals surface area (Å²) in [5, 5.41) is 16.2. The third kappa shape index (κ3) is 3.41. The van der Waals surface area contributed by atoms with Crippen LogP contribution in [0.5, 0.6) is 0 Å². The zero-order valence-electron chi connectivity index (χ0n) is 13.8. The van der Waals surface area contributed by atoms with Crippen molar-refractivity contribution < 1.29 is 14.7 Å². The van der Waals surface area contributed by atoms with Crippen LogP contribution in [0.25, 0.3) is 0 Å². The van der Waals surface area contributed by atoms with Crippen LogP contribution in [0.4, 0.5) is 5.69 Å². The van der Waals surface area contributed by atoms with E-state index in [0.29, 0.717) is 6.42 Å². The van der Waals surface area contributed by atoms with Gasteiger partial charge in [0.25, 0.3) is 11.8 Å². The molecule has 0 saturated carbocycles. The fraction of sp³-hybridized carbons (Fsp3) is 0.158. The number of aliphatic hydroxyl groups excluding tert-OH is 1. The molecule has 0 spiro atoms. The van der Waals surface area contributed by atoms with Crippen molar-refractivity contribution in [2.75, 3.05) is 5.32 Å². The summed E-state index contributed by atoms with van der Waals surface area (Å²) in [6.45, 7) is 1.67. The largest absolute Gasteiger partial charge is 0.509 e. The maximum Gasteiger partial charge on any atom is 0.264 e. The van der Waals surface area contributed by atoms with Crippen LogP contribution >= 0.6 is 23.2 Å². The summed E-state index contributed by atoms with van der Waals surface area (Å²) in [5.41, 5.74) is -0.224. The van der Waals surface area contributed by atoms with E-state index >= 15 is 0 Å². The molecule has 0 bridgehead atoms. The lowest BCUT2D eigenvalue weighted by Gasteiger charge is -2.24. The first-order valence-corrected chi connectivity index (χ1v) is 8.63. The van der Waals surface area contributed by atoms with Crippen molar-refractivity contribution in [3.05, 3.63) is 75.5 Å². The molecule has 1 aliphatic rings. The molecule has 0 fully saturated rings. The van der Waals surface area contributed by atoms with Crippen molar-refractivity contribution in [1.82, 2.24) is 5.32 Å². The minimum Gasteiger partial charge on any atom is -0.509 e. The zero-order chi connectivity index (χ0) is 18.9. The van der Waals surface area contributed by atoms with Gasteiger partial charge in [-0.15, -0.1) is 0 Å². The van der Waals surface area contributed by atoms with Gasteiger partial charge in [-0.3, -0.25) is 9.59 Å². The van der Waals surface area contributed by atoms with Crippen molar-refractivity contribution in [1.29, 1.82) is 0 Å². The number of hydrogen-bond donors (Lipinski definition) is 3. The highest BCUT2D eigenvalue weighted by Gasteiger charge is 2.44. The Morgan fingerprint density at radius 2 is 1.85 bits per heavy atom. The Balaban J connectivity index is 1.88. The molecule has 5 nitrogen and oxygen atoms in total. The maximum atomic E-state index is 12.5. The van der Waals surface area contributed by atoms with Crippen LogP contribution in [0.15, 0.2) is 59.9 Å². The van der Waals surface area contributed by atoms with E-state index in [1.54, 1.807) is 25.1 Å². The lowest BCUT2D eigenvalue weighted by molar-refractivity contribution is -0.121. The highest BCUT2D eigenvalue weighted by atomic mass is 35.5. The summed E-state index contributed by atoms with van der Waals surface area (Å²) in [6.07, 6.45) is 0.347. The Kier molecular flexibility index (Phi) is 4.94. The lowest BCUT2D eigenvalue weighted by Crippen LogP contribution is -2.43. The third-order valence-electron chi connectivity index (χ3n) is 4.20. The molecule has 3 rings (SSSR count). The highest BCUT2D eigenvalue weighted by molar-refractivity contribution is 6.44. The van der Waals surface area contributed by atoms with Crippen LogP contribution in [-0.2, 0) is 16.0 Å². The zero-order valence-corrected chi connectivity index (χ0v) is 15.4.